The van der Waals surface area contributed by atoms with Crippen molar-refractivity contribution in [2.24, 2.45) is 24.8 Å². The third kappa shape index (κ3) is 5.58. The fourth-order valence-electron chi connectivity index (χ4n) is 6.02. The van der Waals surface area contributed by atoms with Crippen LogP contribution in [0.25, 0.3) is 22.3 Å². The van der Waals surface area contributed by atoms with Gasteiger partial charge in [0.1, 0.15) is 23.1 Å². The monoisotopic (exact) mass is 555 g/mol. The highest BCUT2D eigenvalue weighted by Crippen LogP contribution is 2.45. The molecule has 2 bridgehead atoms. The number of hydrogen-bond acceptors (Lipinski definition) is 6. The van der Waals surface area contributed by atoms with Crippen LogP contribution in [0.1, 0.15) is 51.4 Å². The molecule has 2 unspecified atom stereocenters. The van der Waals surface area contributed by atoms with E-state index < -0.39 is 17.3 Å². The molecule has 1 amide bonds. The summed E-state index contributed by atoms with van der Waals surface area (Å²) in [5.41, 5.74) is -0.517. The van der Waals surface area contributed by atoms with Gasteiger partial charge in [-0.1, -0.05) is 0 Å². The quantitative estimate of drug-likeness (QED) is 0.373. The molecule has 2 fully saturated rings. The number of piperidine rings is 1. The van der Waals surface area contributed by atoms with Gasteiger partial charge < -0.3 is 18.9 Å². The number of amides is 1. The van der Waals surface area contributed by atoms with Gasteiger partial charge in [-0.25, -0.2) is 14.8 Å². The lowest BCUT2D eigenvalue weighted by molar-refractivity contribution is -0.139. The molecule has 2 aliphatic rings. The molecule has 11 heteroatoms. The van der Waals surface area contributed by atoms with Crippen molar-refractivity contribution >= 4 is 17.1 Å². The van der Waals surface area contributed by atoms with Crippen LogP contribution in [-0.2, 0) is 18.0 Å². The number of likely N-dealkylation sites (tertiary alicyclic amines) is 1. The number of rotatable bonds is 5. The zero-order valence-corrected chi connectivity index (χ0v) is 23.0. The molecule has 3 heterocycles. The summed E-state index contributed by atoms with van der Waals surface area (Å²) in [7, 11) is 1.74. The minimum absolute atomic E-state index is 0.120. The highest BCUT2D eigenvalue weighted by Gasteiger charge is 2.44. The fraction of sp³-hybridized carbons (Fsp3) is 0.517. The maximum Gasteiger partial charge on any atom is 0.419 e. The number of fused-ring (bicyclic) bond motifs is 3. The van der Waals surface area contributed by atoms with Crippen LogP contribution < -0.4 is 4.74 Å². The van der Waals surface area contributed by atoms with Crippen LogP contribution in [0.2, 0.25) is 0 Å². The zero-order valence-electron chi connectivity index (χ0n) is 23.0. The number of carbonyl (C=O) groups excluding carboxylic acids is 1. The molecule has 5 rings (SSSR count). The predicted molar refractivity (Wildman–Crippen MR) is 141 cm³/mol. The average Bonchev–Trinajstić information content (AvgIpc) is 3.36. The Balaban J connectivity index is 1.31. The van der Waals surface area contributed by atoms with E-state index in [2.05, 4.69) is 9.97 Å². The van der Waals surface area contributed by atoms with E-state index in [0.717, 1.165) is 18.9 Å². The standard InChI is InChI=1S/C29H32F3N5O3/c1-28(2,3)40-27(38)37-15-18-5-6-19(16-37)20(18)10-12-39-23-8-7-17(13-22(23)29(30,31)32)25-21-9-11-36(4)26(21)35-24(14-33)34-25/h7-9,11,13,18-20H,5-6,10,12,15-16H2,1-4H3. The summed E-state index contributed by atoms with van der Waals surface area (Å²) in [6, 6.07) is 7.47. The Kier molecular flexibility index (Phi) is 7.15. The molecule has 0 radical (unpaired) electrons. The first-order valence-corrected chi connectivity index (χ1v) is 13.4. The van der Waals surface area contributed by atoms with E-state index in [1.165, 1.54) is 12.1 Å². The lowest BCUT2D eigenvalue weighted by Gasteiger charge is -2.38. The van der Waals surface area contributed by atoms with Gasteiger partial charge in [0, 0.05) is 37.3 Å². The number of nitrogens with zero attached hydrogens (tertiary/aromatic N) is 5. The molecule has 1 saturated heterocycles. The number of nitriles is 1. The fourth-order valence-corrected chi connectivity index (χ4v) is 6.02. The highest BCUT2D eigenvalue weighted by molar-refractivity contribution is 5.91. The van der Waals surface area contributed by atoms with Gasteiger partial charge in [0.25, 0.3) is 0 Å². The van der Waals surface area contributed by atoms with Gasteiger partial charge in [-0.05, 0) is 82.1 Å². The second-order valence-corrected chi connectivity index (χ2v) is 11.7. The van der Waals surface area contributed by atoms with Crippen molar-refractivity contribution in [3.63, 3.8) is 0 Å². The summed E-state index contributed by atoms with van der Waals surface area (Å²) in [4.78, 5) is 22.7. The van der Waals surface area contributed by atoms with Crippen LogP contribution in [0.4, 0.5) is 18.0 Å². The van der Waals surface area contributed by atoms with E-state index in [1.807, 2.05) is 26.8 Å². The van der Waals surface area contributed by atoms with Crippen molar-refractivity contribution in [3.05, 3.63) is 41.9 Å². The molecular formula is C29H32F3N5O3. The molecule has 0 spiro atoms. The van der Waals surface area contributed by atoms with Crippen molar-refractivity contribution in [1.29, 1.82) is 5.26 Å². The Morgan fingerprint density at radius 2 is 1.82 bits per heavy atom. The number of hydrogen-bond donors (Lipinski definition) is 0. The molecule has 1 aromatic carbocycles. The maximum absolute atomic E-state index is 14.1. The van der Waals surface area contributed by atoms with Crippen LogP contribution in [0.15, 0.2) is 30.5 Å². The molecule has 2 aromatic heterocycles. The minimum Gasteiger partial charge on any atom is -0.493 e. The lowest BCUT2D eigenvalue weighted by atomic mass is 9.83. The molecule has 1 saturated carbocycles. The molecular weight excluding hydrogens is 523 g/mol. The second-order valence-electron chi connectivity index (χ2n) is 11.7. The van der Waals surface area contributed by atoms with Gasteiger partial charge in [0.2, 0.25) is 5.82 Å². The summed E-state index contributed by atoms with van der Waals surface area (Å²) in [6.07, 6.45) is -0.670. The van der Waals surface area contributed by atoms with Crippen LogP contribution >= 0.6 is 0 Å². The van der Waals surface area contributed by atoms with Crippen molar-refractivity contribution in [2.75, 3.05) is 19.7 Å². The third-order valence-electron chi connectivity index (χ3n) is 7.77. The number of ether oxygens (including phenoxy) is 2. The Morgan fingerprint density at radius 1 is 1.12 bits per heavy atom. The molecule has 1 aliphatic heterocycles. The van der Waals surface area contributed by atoms with Crippen molar-refractivity contribution in [2.45, 2.75) is 51.8 Å². The van der Waals surface area contributed by atoms with E-state index in [-0.39, 0.29) is 53.3 Å². The molecule has 2 atom stereocenters. The minimum atomic E-state index is -4.65. The smallest absolute Gasteiger partial charge is 0.419 e. The van der Waals surface area contributed by atoms with E-state index in [9.17, 15) is 23.2 Å². The topological polar surface area (TPSA) is 93.3 Å². The van der Waals surface area contributed by atoms with Crippen LogP contribution in [0, 0.1) is 29.1 Å². The first kappa shape index (κ1) is 27.7. The van der Waals surface area contributed by atoms with Crippen molar-refractivity contribution < 1.29 is 27.4 Å². The second kappa shape index (κ2) is 10.3. The number of benzene rings is 1. The van der Waals surface area contributed by atoms with Gasteiger partial charge in [-0.3, -0.25) is 0 Å². The SMILES string of the molecule is Cn1ccc2c(-c3ccc(OCCC4C5CCC4CN(C(=O)OC(C)(C)C)C5)c(C(F)(F)F)c3)nc(C#N)nc21. The highest BCUT2D eigenvalue weighted by atomic mass is 19.4. The van der Waals surface area contributed by atoms with E-state index >= 15 is 0 Å². The largest absolute Gasteiger partial charge is 0.493 e. The molecule has 212 valence electrons. The van der Waals surface area contributed by atoms with Crippen LogP contribution in [0.3, 0.4) is 0 Å². The molecule has 3 aromatic rings. The number of aromatic nitrogens is 3. The van der Waals surface area contributed by atoms with E-state index in [4.69, 9.17) is 9.47 Å². The van der Waals surface area contributed by atoms with E-state index in [1.54, 1.807) is 28.8 Å². The molecule has 40 heavy (non-hydrogen) atoms. The average molecular weight is 556 g/mol. The molecule has 8 nitrogen and oxygen atoms in total. The lowest BCUT2D eigenvalue weighted by Crippen LogP contribution is -2.47. The predicted octanol–water partition coefficient (Wildman–Crippen LogP) is 6.19. The summed E-state index contributed by atoms with van der Waals surface area (Å²) in [6.45, 7) is 6.84. The van der Waals surface area contributed by atoms with Crippen LogP contribution in [0.5, 0.6) is 5.75 Å². The number of alkyl halides is 3. The Bertz CT molecular complexity index is 1460. The van der Waals surface area contributed by atoms with Gasteiger partial charge in [-0.2, -0.15) is 18.4 Å². The summed E-state index contributed by atoms with van der Waals surface area (Å²) < 4.78 is 55.4. The summed E-state index contributed by atoms with van der Waals surface area (Å²) >= 11 is 0. The van der Waals surface area contributed by atoms with Crippen molar-refractivity contribution in [3.8, 4) is 23.1 Å². The Hall–Kier alpha value is -3.81. The Morgan fingerprint density at radius 3 is 2.45 bits per heavy atom. The van der Waals surface area contributed by atoms with Gasteiger partial charge in [-0.15, -0.1) is 0 Å². The maximum atomic E-state index is 14.1. The first-order valence-electron chi connectivity index (χ1n) is 13.4. The van der Waals surface area contributed by atoms with Gasteiger partial charge in [0.15, 0.2) is 0 Å². The van der Waals surface area contributed by atoms with Crippen molar-refractivity contribution in [1.82, 2.24) is 19.4 Å². The number of halogens is 3. The van der Waals surface area contributed by atoms with Crippen LogP contribution in [-0.4, -0.2) is 50.8 Å². The normalized spacial score (nSPS) is 20.9. The summed E-state index contributed by atoms with van der Waals surface area (Å²) in [5.74, 6) is 0.475. The summed E-state index contributed by atoms with van der Waals surface area (Å²) in [5, 5.41) is 9.90. The number of carbonyl (C=O) groups is 1. The molecule has 1 aliphatic carbocycles. The zero-order chi connectivity index (χ0) is 28.8. The van der Waals surface area contributed by atoms with E-state index in [0.29, 0.717) is 30.5 Å². The molecule has 0 N–H and O–H groups in total. The number of aryl methyl sites for hydroxylation is 1. The van der Waals surface area contributed by atoms with Gasteiger partial charge in [0.05, 0.1) is 17.9 Å². The first-order chi connectivity index (χ1) is 18.8. The third-order valence-corrected chi connectivity index (χ3v) is 7.77. The Labute approximate surface area is 230 Å². The van der Waals surface area contributed by atoms with Gasteiger partial charge >= 0.3 is 12.3 Å².